The number of carbonyl (C=O) groups is 1. The molecular formula is C24H20N4O2S. The van der Waals surface area contributed by atoms with Crippen molar-refractivity contribution in [2.45, 2.75) is 19.9 Å². The predicted molar refractivity (Wildman–Crippen MR) is 119 cm³/mol. The summed E-state index contributed by atoms with van der Waals surface area (Å²) in [6.07, 6.45) is 4.35. The van der Waals surface area contributed by atoms with Gasteiger partial charge in [0.1, 0.15) is 5.75 Å². The van der Waals surface area contributed by atoms with Crippen molar-refractivity contribution in [1.29, 1.82) is 0 Å². The van der Waals surface area contributed by atoms with Crippen molar-refractivity contribution >= 4 is 17.2 Å². The third kappa shape index (κ3) is 4.18. The molecule has 0 N–H and O–H groups in total. The molecule has 31 heavy (non-hydrogen) atoms. The van der Waals surface area contributed by atoms with Crippen LogP contribution in [-0.4, -0.2) is 32.3 Å². The molecule has 0 unspecified atom stereocenters. The Morgan fingerprint density at radius 2 is 2.00 bits per heavy atom. The normalized spacial score (nSPS) is 13.0. The molecule has 6 nitrogen and oxygen atoms in total. The van der Waals surface area contributed by atoms with Gasteiger partial charge in [0.25, 0.3) is 5.91 Å². The van der Waals surface area contributed by atoms with E-state index in [1.165, 1.54) is 10.4 Å². The second-order valence-corrected chi connectivity index (χ2v) is 8.39. The Kier molecular flexibility index (Phi) is 5.18. The molecule has 1 amide bonds. The molecule has 4 aromatic rings. The molecule has 1 aliphatic heterocycles. The van der Waals surface area contributed by atoms with Crippen molar-refractivity contribution in [2.24, 2.45) is 0 Å². The number of hydrogen-bond acceptors (Lipinski definition) is 6. The van der Waals surface area contributed by atoms with E-state index in [1.807, 2.05) is 24.0 Å². The lowest BCUT2D eigenvalue weighted by molar-refractivity contribution is 0.0736. The second-order valence-electron chi connectivity index (χ2n) is 7.39. The molecule has 0 saturated carbocycles. The molecule has 5 rings (SSSR count). The Morgan fingerprint density at radius 1 is 1.13 bits per heavy atom. The Hall–Kier alpha value is -3.58. The van der Waals surface area contributed by atoms with Crippen LogP contribution in [0.15, 0.2) is 66.3 Å². The van der Waals surface area contributed by atoms with Gasteiger partial charge in [-0.25, -0.2) is 4.98 Å². The van der Waals surface area contributed by atoms with Gasteiger partial charge in [0, 0.05) is 53.2 Å². The van der Waals surface area contributed by atoms with Crippen molar-refractivity contribution < 1.29 is 9.53 Å². The van der Waals surface area contributed by atoms with E-state index in [0.29, 0.717) is 29.6 Å². The standard InChI is InChI=1S/C24H20N4O2S/c1-16-13-22(27-23(26-16)18-3-2-10-25-14-18)30-20-6-4-17(5-7-20)24(29)28-11-8-21-19(15-28)9-12-31-21/h2-7,9-10,12-14H,8,11,15H2,1H3. The van der Waals surface area contributed by atoms with Crippen molar-refractivity contribution in [2.75, 3.05) is 6.54 Å². The Bertz CT molecular complexity index is 1220. The maximum atomic E-state index is 12.9. The van der Waals surface area contributed by atoms with Crippen molar-refractivity contribution in [1.82, 2.24) is 19.9 Å². The molecule has 0 fully saturated rings. The van der Waals surface area contributed by atoms with Crippen LogP contribution in [0.25, 0.3) is 11.4 Å². The van der Waals surface area contributed by atoms with Crippen molar-refractivity contribution in [3.05, 3.63) is 88.0 Å². The maximum Gasteiger partial charge on any atom is 0.254 e. The first-order chi connectivity index (χ1) is 15.2. The van der Waals surface area contributed by atoms with E-state index < -0.39 is 0 Å². The fourth-order valence-corrected chi connectivity index (χ4v) is 4.50. The molecule has 1 aliphatic rings. The van der Waals surface area contributed by atoms with Gasteiger partial charge in [0.05, 0.1) is 0 Å². The van der Waals surface area contributed by atoms with Gasteiger partial charge in [0.2, 0.25) is 5.88 Å². The number of carbonyl (C=O) groups excluding carboxylic acids is 1. The lowest BCUT2D eigenvalue weighted by Crippen LogP contribution is -2.35. The largest absolute Gasteiger partial charge is 0.439 e. The van der Waals surface area contributed by atoms with Crippen LogP contribution < -0.4 is 4.74 Å². The minimum absolute atomic E-state index is 0.0418. The summed E-state index contributed by atoms with van der Waals surface area (Å²) in [5.74, 6) is 1.67. The molecule has 4 heterocycles. The first-order valence-electron chi connectivity index (χ1n) is 10.0. The summed E-state index contributed by atoms with van der Waals surface area (Å²) in [5, 5.41) is 2.10. The third-order valence-corrected chi connectivity index (χ3v) is 6.19. The number of rotatable bonds is 4. The number of hydrogen-bond donors (Lipinski definition) is 0. The summed E-state index contributed by atoms with van der Waals surface area (Å²) in [4.78, 5) is 29.3. The minimum atomic E-state index is 0.0418. The molecule has 1 aromatic carbocycles. The number of thiophene rings is 1. The van der Waals surface area contributed by atoms with Crippen LogP contribution in [0.3, 0.4) is 0 Å². The number of pyridine rings is 1. The minimum Gasteiger partial charge on any atom is -0.439 e. The second kappa shape index (κ2) is 8.28. The summed E-state index contributed by atoms with van der Waals surface area (Å²) >= 11 is 1.77. The summed E-state index contributed by atoms with van der Waals surface area (Å²) in [6.45, 7) is 3.32. The van der Waals surface area contributed by atoms with E-state index >= 15 is 0 Å². The fraction of sp³-hybridized carbons (Fsp3) is 0.167. The summed E-state index contributed by atoms with van der Waals surface area (Å²) in [7, 11) is 0. The molecule has 0 atom stereocenters. The van der Waals surface area contributed by atoms with Crippen LogP contribution in [0.1, 0.15) is 26.5 Å². The number of benzene rings is 1. The molecule has 0 aliphatic carbocycles. The van der Waals surface area contributed by atoms with E-state index in [1.54, 1.807) is 54.1 Å². The fourth-order valence-electron chi connectivity index (χ4n) is 3.61. The molecule has 0 bridgehead atoms. The van der Waals surface area contributed by atoms with Crippen LogP contribution in [0.5, 0.6) is 11.6 Å². The van der Waals surface area contributed by atoms with Crippen LogP contribution >= 0.6 is 11.3 Å². The third-order valence-electron chi connectivity index (χ3n) is 5.17. The van der Waals surface area contributed by atoms with Crippen LogP contribution in [0.2, 0.25) is 0 Å². The molecule has 0 radical (unpaired) electrons. The Labute approximate surface area is 184 Å². The number of nitrogens with zero attached hydrogens (tertiary/aromatic N) is 4. The average Bonchev–Trinajstić information content (AvgIpc) is 3.27. The van der Waals surface area contributed by atoms with Crippen LogP contribution in [-0.2, 0) is 13.0 Å². The van der Waals surface area contributed by atoms with E-state index in [-0.39, 0.29) is 5.91 Å². The topological polar surface area (TPSA) is 68.2 Å². The predicted octanol–water partition coefficient (Wildman–Crippen LogP) is 4.90. The van der Waals surface area contributed by atoms with Crippen LogP contribution in [0, 0.1) is 6.92 Å². The SMILES string of the molecule is Cc1cc(Oc2ccc(C(=O)N3CCc4sccc4C3)cc2)nc(-c2cccnc2)n1. The van der Waals surface area contributed by atoms with Gasteiger partial charge in [-0.1, -0.05) is 0 Å². The number of amides is 1. The molecule has 7 heteroatoms. The zero-order valence-corrected chi connectivity index (χ0v) is 17.8. The number of aromatic nitrogens is 3. The molecule has 154 valence electrons. The highest BCUT2D eigenvalue weighted by Gasteiger charge is 2.22. The molecule has 0 spiro atoms. The van der Waals surface area contributed by atoms with Gasteiger partial charge >= 0.3 is 0 Å². The molecule has 0 saturated heterocycles. The first-order valence-corrected chi connectivity index (χ1v) is 10.9. The van der Waals surface area contributed by atoms with Gasteiger partial charge < -0.3 is 9.64 Å². The summed E-state index contributed by atoms with van der Waals surface area (Å²) in [6, 6.07) is 14.9. The molecular weight excluding hydrogens is 408 g/mol. The number of fused-ring (bicyclic) bond motifs is 1. The Morgan fingerprint density at radius 3 is 2.81 bits per heavy atom. The Balaban J connectivity index is 1.31. The highest BCUT2D eigenvalue weighted by molar-refractivity contribution is 7.10. The lowest BCUT2D eigenvalue weighted by atomic mass is 10.1. The van der Waals surface area contributed by atoms with E-state index in [0.717, 1.165) is 24.2 Å². The average molecular weight is 429 g/mol. The van der Waals surface area contributed by atoms with Gasteiger partial charge in [-0.3, -0.25) is 9.78 Å². The van der Waals surface area contributed by atoms with E-state index in [9.17, 15) is 4.79 Å². The van der Waals surface area contributed by atoms with E-state index in [4.69, 9.17) is 4.74 Å². The first kappa shape index (κ1) is 19.4. The summed E-state index contributed by atoms with van der Waals surface area (Å²) < 4.78 is 5.94. The zero-order chi connectivity index (χ0) is 21.2. The smallest absolute Gasteiger partial charge is 0.254 e. The summed E-state index contributed by atoms with van der Waals surface area (Å²) in [5.41, 5.74) is 3.54. The highest BCUT2D eigenvalue weighted by atomic mass is 32.1. The maximum absolute atomic E-state index is 12.9. The van der Waals surface area contributed by atoms with E-state index in [2.05, 4.69) is 26.4 Å². The van der Waals surface area contributed by atoms with Gasteiger partial charge in [0.15, 0.2) is 5.82 Å². The van der Waals surface area contributed by atoms with Crippen molar-refractivity contribution in [3.8, 4) is 23.0 Å². The van der Waals surface area contributed by atoms with Gasteiger partial charge in [-0.2, -0.15) is 4.98 Å². The van der Waals surface area contributed by atoms with Gasteiger partial charge in [-0.15, -0.1) is 11.3 Å². The van der Waals surface area contributed by atoms with Crippen LogP contribution in [0.4, 0.5) is 0 Å². The quantitative estimate of drug-likeness (QED) is 0.462. The zero-order valence-electron chi connectivity index (χ0n) is 17.0. The number of ether oxygens (including phenoxy) is 1. The number of aryl methyl sites for hydroxylation is 1. The van der Waals surface area contributed by atoms with Gasteiger partial charge in [-0.05, 0) is 66.8 Å². The molecule has 3 aromatic heterocycles. The lowest BCUT2D eigenvalue weighted by Gasteiger charge is -2.27. The highest BCUT2D eigenvalue weighted by Crippen LogP contribution is 2.27. The monoisotopic (exact) mass is 428 g/mol. The van der Waals surface area contributed by atoms with Crippen molar-refractivity contribution in [3.63, 3.8) is 0 Å².